The Morgan fingerprint density at radius 3 is 3.00 bits per heavy atom. The summed E-state index contributed by atoms with van der Waals surface area (Å²) in [6.07, 6.45) is 2.10. The minimum absolute atomic E-state index is 0.0786. The van der Waals surface area contributed by atoms with Crippen molar-refractivity contribution in [2.45, 2.75) is 6.10 Å². The van der Waals surface area contributed by atoms with Gasteiger partial charge < -0.3 is 14.5 Å². The third-order valence-electron chi connectivity index (χ3n) is 2.78. The van der Waals surface area contributed by atoms with E-state index in [0.29, 0.717) is 19.8 Å². The third kappa shape index (κ3) is 1.54. The number of fused-ring (bicyclic) bond motifs is 1. The molecule has 1 N–H and O–H groups in total. The zero-order chi connectivity index (χ0) is 10.1. The van der Waals surface area contributed by atoms with Crippen molar-refractivity contribution in [1.82, 2.24) is 4.98 Å². The lowest BCUT2D eigenvalue weighted by Crippen LogP contribution is -2.21. The molecular weight excluding hydrogens is 190 g/mol. The van der Waals surface area contributed by atoms with E-state index in [1.807, 2.05) is 18.3 Å². The molecular formula is C12H13NO2. The van der Waals surface area contributed by atoms with E-state index in [1.54, 1.807) is 0 Å². The summed E-state index contributed by atoms with van der Waals surface area (Å²) < 4.78 is 11.1. The highest BCUT2D eigenvalue weighted by Crippen LogP contribution is 2.27. The van der Waals surface area contributed by atoms with Crippen LogP contribution in [0.3, 0.4) is 0 Å². The molecule has 3 heteroatoms. The van der Waals surface area contributed by atoms with Crippen LogP contribution in [-0.4, -0.2) is 24.8 Å². The van der Waals surface area contributed by atoms with E-state index in [1.165, 1.54) is 10.9 Å². The van der Waals surface area contributed by atoms with Gasteiger partial charge in [-0.2, -0.15) is 0 Å². The lowest BCUT2D eigenvalue weighted by molar-refractivity contribution is -0.0895. The molecule has 0 aliphatic carbocycles. The number of hydrogen-bond acceptors (Lipinski definition) is 2. The van der Waals surface area contributed by atoms with Gasteiger partial charge in [-0.3, -0.25) is 0 Å². The molecule has 2 heterocycles. The summed E-state index contributed by atoms with van der Waals surface area (Å²) in [7, 11) is 0. The first-order valence-electron chi connectivity index (χ1n) is 5.20. The summed E-state index contributed by atoms with van der Waals surface area (Å²) in [4.78, 5) is 3.25. The standard InChI is InChI=1S/C12H13NO2/c1-2-4-11-9(3-1)10(7-13-11)12-8-14-5-6-15-12/h1-4,7,12-13H,5-6,8H2. The Balaban J connectivity index is 2.02. The predicted molar refractivity (Wildman–Crippen MR) is 57.8 cm³/mol. The molecule has 1 aliphatic heterocycles. The van der Waals surface area contributed by atoms with Crippen molar-refractivity contribution < 1.29 is 9.47 Å². The fourth-order valence-corrected chi connectivity index (χ4v) is 2.03. The maximum atomic E-state index is 5.69. The molecule has 3 nitrogen and oxygen atoms in total. The Morgan fingerprint density at radius 1 is 1.20 bits per heavy atom. The van der Waals surface area contributed by atoms with E-state index in [0.717, 1.165) is 5.52 Å². The van der Waals surface area contributed by atoms with Gasteiger partial charge in [0.05, 0.1) is 19.8 Å². The van der Waals surface area contributed by atoms with Gasteiger partial charge in [0.15, 0.2) is 0 Å². The molecule has 2 aromatic rings. The van der Waals surface area contributed by atoms with Gasteiger partial charge in [-0.15, -0.1) is 0 Å². The highest BCUT2D eigenvalue weighted by Gasteiger charge is 2.19. The van der Waals surface area contributed by atoms with Crippen molar-refractivity contribution >= 4 is 10.9 Å². The SMILES string of the molecule is c1ccc2c(C3COCCO3)c[nH]c2c1. The maximum Gasteiger partial charge on any atom is 0.108 e. The second kappa shape index (κ2) is 3.68. The molecule has 0 saturated carbocycles. The second-order valence-corrected chi connectivity index (χ2v) is 3.72. The van der Waals surface area contributed by atoms with Gasteiger partial charge >= 0.3 is 0 Å². The van der Waals surface area contributed by atoms with Crippen LogP contribution < -0.4 is 0 Å². The Kier molecular flexibility index (Phi) is 2.19. The number of aromatic nitrogens is 1. The van der Waals surface area contributed by atoms with Crippen LogP contribution in [0.4, 0.5) is 0 Å². The number of H-pyrrole nitrogens is 1. The van der Waals surface area contributed by atoms with E-state index in [4.69, 9.17) is 9.47 Å². The van der Waals surface area contributed by atoms with Crippen LogP contribution in [0.25, 0.3) is 10.9 Å². The molecule has 1 fully saturated rings. The molecule has 1 aromatic heterocycles. The molecule has 0 amide bonds. The zero-order valence-electron chi connectivity index (χ0n) is 8.40. The van der Waals surface area contributed by atoms with Crippen LogP contribution in [0, 0.1) is 0 Å². The summed E-state index contributed by atoms with van der Waals surface area (Å²) in [5, 5.41) is 1.23. The number of rotatable bonds is 1. The van der Waals surface area contributed by atoms with Crippen molar-refractivity contribution in [2.75, 3.05) is 19.8 Å². The van der Waals surface area contributed by atoms with Gasteiger partial charge in [-0.1, -0.05) is 18.2 Å². The Bertz CT molecular complexity index is 457. The first-order valence-corrected chi connectivity index (χ1v) is 5.20. The predicted octanol–water partition coefficient (Wildman–Crippen LogP) is 2.26. The largest absolute Gasteiger partial charge is 0.376 e. The highest BCUT2D eigenvalue weighted by atomic mass is 16.6. The summed E-state index contributed by atoms with van der Waals surface area (Å²) in [6, 6.07) is 8.26. The summed E-state index contributed by atoms with van der Waals surface area (Å²) >= 11 is 0. The van der Waals surface area contributed by atoms with E-state index >= 15 is 0 Å². The number of hydrogen-bond donors (Lipinski definition) is 1. The normalized spacial score (nSPS) is 22.0. The first-order chi connectivity index (χ1) is 7.45. The Morgan fingerprint density at radius 2 is 2.13 bits per heavy atom. The molecule has 15 heavy (non-hydrogen) atoms. The van der Waals surface area contributed by atoms with Gasteiger partial charge in [-0.25, -0.2) is 0 Å². The Hall–Kier alpha value is -1.32. The van der Waals surface area contributed by atoms with Crippen molar-refractivity contribution in [2.24, 2.45) is 0 Å². The number of benzene rings is 1. The summed E-state index contributed by atoms with van der Waals surface area (Å²) in [5.74, 6) is 0. The fraction of sp³-hybridized carbons (Fsp3) is 0.333. The molecule has 3 rings (SSSR count). The minimum Gasteiger partial charge on any atom is -0.376 e. The van der Waals surface area contributed by atoms with Gasteiger partial charge in [0.1, 0.15) is 6.10 Å². The van der Waals surface area contributed by atoms with Crippen LogP contribution in [0.1, 0.15) is 11.7 Å². The molecule has 0 spiro atoms. The van der Waals surface area contributed by atoms with Crippen molar-refractivity contribution in [1.29, 1.82) is 0 Å². The van der Waals surface area contributed by atoms with Crippen LogP contribution in [-0.2, 0) is 9.47 Å². The topological polar surface area (TPSA) is 34.2 Å². The van der Waals surface area contributed by atoms with Crippen molar-refractivity contribution in [3.63, 3.8) is 0 Å². The lowest BCUT2D eigenvalue weighted by atomic mass is 10.1. The maximum absolute atomic E-state index is 5.69. The minimum atomic E-state index is 0.0786. The third-order valence-corrected chi connectivity index (χ3v) is 2.78. The molecule has 0 bridgehead atoms. The van der Waals surface area contributed by atoms with Crippen LogP contribution in [0.2, 0.25) is 0 Å². The van der Waals surface area contributed by atoms with E-state index in [-0.39, 0.29) is 6.10 Å². The van der Waals surface area contributed by atoms with Gasteiger partial charge in [-0.05, 0) is 6.07 Å². The van der Waals surface area contributed by atoms with Crippen molar-refractivity contribution in [3.05, 3.63) is 36.0 Å². The van der Waals surface area contributed by atoms with Gasteiger partial charge in [0.25, 0.3) is 0 Å². The van der Waals surface area contributed by atoms with Crippen LogP contribution in [0.5, 0.6) is 0 Å². The van der Waals surface area contributed by atoms with Crippen LogP contribution >= 0.6 is 0 Å². The molecule has 1 aliphatic rings. The average molecular weight is 203 g/mol. The van der Waals surface area contributed by atoms with E-state index in [9.17, 15) is 0 Å². The first kappa shape index (κ1) is 8.95. The monoisotopic (exact) mass is 203 g/mol. The smallest absolute Gasteiger partial charge is 0.108 e. The molecule has 1 aromatic carbocycles. The number of nitrogens with one attached hydrogen (secondary N) is 1. The quantitative estimate of drug-likeness (QED) is 0.771. The number of ether oxygens (including phenoxy) is 2. The molecule has 0 radical (unpaired) electrons. The van der Waals surface area contributed by atoms with Crippen LogP contribution in [0.15, 0.2) is 30.5 Å². The molecule has 1 unspecified atom stereocenters. The fourth-order valence-electron chi connectivity index (χ4n) is 2.03. The average Bonchev–Trinajstić information content (AvgIpc) is 2.74. The molecule has 78 valence electrons. The number of para-hydroxylation sites is 1. The molecule has 1 atom stereocenters. The molecule has 1 saturated heterocycles. The van der Waals surface area contributed by atoms with E-state index in [2.05, 4.69) is 17.1 Å². The zero-order valence-corrected chi connectivity index (χ0v) is 8.40. The number of aromatic amines is 1. The highest BCUT2D eigenvalue weighted by molar-refractivity contribution is 5.83. The van der Waals surface area contributed by atoms with Gasteiger partial charge in [0, 0.05) is 22.7 Å². The lowest BCUT2D eigenvalue weighted by Gasteiger charge is -2.22. The second-order valence-electron chi connectivity index (χ2n) is 3.72. The summed E-state index contributed by atoms with van der Waals surface area (Å²) in [6.45, 7) is 2.05. The van der Waals surface area contributed by atoms with Gasteiger partial charge in [0.2, 0.25) is 0 Å². The van der Waals surface area contributed by atoms with E-state index < -0.39 is 0 Å². The Labute approximate surface area is 88.0 Å². The summed E-state index contributed by atoms with van der Waals surface area (Å²) in [5.41, 5.74) is 2.35. The van der Waals surface area contributed by atoms with Crippen molar-refractivity contribution in [3.8, 4) is 0 Å².